The number of hydrogen-bond acceptors (Lipinski definition) is 5. The van der Waals surface area contributed by atoms with E-state index in [4.69, 9.17) is 10.5 Å². The fourth-order valence-electron chi connectivity index (χ4n) is 3.00. The van der Waals surface area contributed by atoms with Crippen molar-refractivity contribution in [2.45, 2.75) is 39.3 Å². The fourth-order valence-corrected chi connectivity index (χ4v) is 3.00. The van der Waals surface area contributed by atoms with Gasteiger partial charge in [0, 0.05) is 38.3 Å². The van der Waals surface area contributed by atoms with Gasteiger partial charge in [-0.2, -0.15) is 0 Å². The second-order valence-electron chi connectivity index (χ2n) is 7.41. The third-order valence-corrected chi connectivity index (χ3v) is 4.50. The summed E-state index contributed by atoms with van der Waals surface area (Å²) < 4.78 is 5.31. The SMILES string of the molecule is CC(C)C[C@H](N)C(=O)NCc1cccc(NC(=O)CCN2CCOCC2)c1. The second-order valence-corrected chi connectivity index (χ2v) is 7.41. The summed E-state index contributed by atoms with van der Waals surface area (Å²) in [7, 11) is 0. The zero-order valence-electron chi connectivity index (χ0n) is 16.4. The number of anilines is 1. The number of nitrogens with zero attached hydrogens (tertiary/aromatic N) is 1. The molecule has 4 N–H and O–H groups in total. The summed E-state index contributed by atoms with van der Waals surface area (Å²) in [4.78, 5) is 26.4. The van der Waals surface area contributed by atoms with E-state index in [1.165, 1.54) is 0 Å². The van der Waals surface area contributed by atoms with Crippen LogP contribution in [0.1, 0.15) is 32.3 Å². The van der Waals surface area contributed by atoms with Gasteiger partial charge in [-0.3, -0.25) is 14.5 Å². The monoisotopic (exact) mass is 376 g/mol. The van der Waals surface area contributed by atoms with Crippen LogP contribution in [0.3, 0.4) is 0 Å². The second kappa shape index (κ2) is 11.0. The molecule has 1 saturated heterocycles. The number of hydrogen-bond donors (Lipinski definition) is 3. The van der Waals surface area contributed by atoms with Gasteiger partial charge in [0.1, 0.15) is 0 Å². The molecule has 0 radical (unpaired) electrons. The molecule has 7 heteroatoms. The molecule has 1 aromatic carbocycles. The molecule has 1 fully saturated rings. The van der Waals surface area contributed by atoms with Gasteiger partial charge >= 0.3 is 0 Å². The van der Waals surface area contributed by atoms with E-state index in [1.807, 2.05) is 38.1 Å². The number of rotatable bonds is 9. The maximum Gasteiger partial charge on any atom is 0.237 e. The van der Waals surface area contributed by atoms with E-state index in [1.54, 1.807) is 0 Å². The Balaban J connectivity index is 1.76. The molecule has 27 heavy (non-hydrogen) atoms. The van der Waals surface area contributed by atoms with Crippen LogP contribution < -0.4 is 16.4 Å². The average Bonchev–Trinajstić information content (AvgIpc) is 2.65. The van der Waals surface area contributed by atoms with Crippen molar-refractivity contribution in [1.82, 2.24) is 10.2 Å². The van der Waals surface area contributed by atoms with Crippen molar-refractivity contribution < 1.29 is 14.3 Å². The predicted molar refractivity (Wildman–Crippen MR) is 106 cm³/mol. The van der Waals surface area contributed by atoms with Gasteiger partial charge in [0.2, 0.25) is 11.8 Å². The van der Waals surface area contributed by atoms with Gasteiger partial charge in [-0.15, -0.1) is 0 Å². The highest BCUT2D eigenvalue weighted by Crippen LogP contribution is 2.12. The van der Waals surface area contributed by atoms with E-state index in [0.717, 1.165) is 44.1 Å². The number of nitrogens with two attached hydrogens (primary N) is 1. The highest BCUT2D eigenvalue weighted by atomic mass is 16.5. The van der Waals surface area contributed by atoms with Gasteiger partial charge in [0.05, 0.1) is 19.3 Å². The van der Waals surface area contributed by atoms with Crippen LogP contribution in [0.15, 0.2) is 24.3 Å². The summed E-state index contributed by atoms with van der Waals surface area (Å²) in [6, 6.07) is 7.02. The van der Waals surface area contributed by atoms with Crippen molar-refractivity contribution in [3.8, 4) is 0 Å². The Morgan fingerprint density at radius 1 is 1.26 bits per heavy atom. The highest BCUT2D eigenvalue weighted by molar-refractivity contribution is 5.90. The summed E-state index contributed by atoms with van der Waals surface area (Å²) in [5.74, 6) is 0.215. The third-order valence-electron chi connectivity index (χ3n) is 4.50. The number of carbonyl (C=O) groups excluding carboxylic acids is 2. The molecule has 2 amide bonds. The van der Waals surface area contributed by atoms with Gasteiger partial charge in [-0.1, -0.05) is 26.0 Å². The van der Waals surface area contributed by atoms with Crippen molar-refractivity contribution in [2.75, 3.05) is 38.2 Å². The van der Waals surface area contributed by atoms with E-state index in [0.29, 0.717) is 25.3 Å². The molecule has 1 heterocycles. The molecule has 2 rings (SSSR count). The van der Waals surface area contributed by atoms with Crippen molar-refractivity contribution in [2.24, 2.45) is 11.7 Å². The van der Waals surface area contributed by atoms with Gasteiger partial charge in [-0.25, -0.2) is 0 Å². The minimum Gasteiger partial charge on any atom is -0.379 e. The summed E-state index contributed by atoms with van der Waals surface area (Å²) >= 11 is 0. The molecule has 0 spiro atoms. The predicted octanol–water partition coefficient (Wildman–Crippen LogP) is 1.34. The summed E-state index contributed by atoms with van der Waals surface area (Å²) in [5, 5.41) is 5.78. The number of carbonyl (C=O) groups is 2. The highest BCUT2D eigenvalue weighted by Gasteiger charge is 2.15. The molecule has 0 aliphatic carbocycles. The van der Waals surface area contributed by atoms with E-state index >= 15 is 0 Å². The van der Waals surface area contributed by atoms with Gasteiger partial charge in [0.15, 0.2) is 0 Å². The molecule has 0 bridgehead atoms. The summed E-state index contributed by atoms with van der Waals surface area (Å²) in [5.41, 5.74) is 7.55. The van der Waals surface area contributed by atoms with Gasteiger partial charge in [0.25, 0.3) is 0 Å². The van der Waals surface area contributed by atoms with Crippen LogP contribution in [-0.2, 0) is 20.9 Å². The van der Waals surface area contributed by atoms with Crippen LogP contribution in [0, 0.1) is 5.92 Å². The number of nitrogens with one attached hydrogen (secondary N) is 2. The van der Waals surface area contributed by atoms with E-state index in [2.05, 4.69) is 15.5 Å². The normalized spacial score (nSPS) is 16.1. The van der Waals surface area contributed by atoms with Gasteiger partial charge in [-0.05, 0) is 30.0 Å². The van der Waals surface area contributed by atoms with E-state index < -0.39 is 6.04 Å². The lowest BCUT2D eigenvalue weighted by Crippen LogP contribution is -2.41. The molecule has 0 aromatic heterocycles. The molecule has 1 atom stereocenters. The molecule has 7 nitrogen and oxygen atoms in total. The van der Waals surface area contributed by atoms with Crippen molar-refractivity contribution in [3.05, 3.63) is 29.8 Å². The van der Waals surface area contributed by atoms with E-state index in [-0.39, 0.29) is 11.8 Å². The Hall–Kier alpha value is -1.96. The maximum atomic E-state index is 12.2. The lowest BCUT2D eigenvalue weighted by Gasteiger charge is -2.26. The zero-order chi connectivity index (χ0) is 19.6. The maximum absolute atomic E-state index is 12.2. The minimum atomic E-state index is -0.493. The van der Waals surface area contributed by atoms with Crippen LogP contribution in [-0.4, -0.2) is 55.6 Å². The topological polar surface area (TPSA) is 96.7 Å². The lowest BCUT2D eigenvalue weighted by molar-refractivity contribution is -0.122. The molecular weight excluding hydrogens is 344 g/mol. The minimum absolute atomic E-state index is 0.0124. The molecule has 1 aromatic rings. The lowest BCUT2D eigenvalue weighted by atomic mass is 10.0. The molecule has 1 aliphatic heterocycles. The molecule has 0 unspecified atom stereocenters. The Morgan fingerprint density at radius 2 is 2.00 bits per heavy atom. The Bertz CT molecular complexity index is 615. The van der Waals surface area contributed by atoms with Crippen LogP contribution in [0.2, 0.25) is 0 Å². The zero-order valence-corrected chi connectivity index (χ0v) is 16.4. The Kier molecular flexibility index (Phi) is 8.71. The van der Waals surface area contributed by atoms with Crippen molar-refractivity contribution in [3.63, 3.8) is 0 Å². The molecular formula is C20H32N4O3. The largest absolute Gasteiger partial charge is 0.379 e. The fraction of sp³-hybridized carbons (Fsp3) is 0.600. The number of ether oxygens (including phenoxy) is 1. The summed E-state index contributed by atoms with van der Waals surface area (Å²) in [6.45, 7) is 8.42. The molecule has 150 valence electrons. The van der Waals surface area contributed by atoms with Crippen molar-refractivity contribution in [1.29, 1.82) is 0 Å². The first-order valence-corrected chi connectivity index (χ1v) is 9.66. The first kappa shape index (κ1) is 21.3. The average molecular weight is 377 g/mol. The van der Waals surface area contributed by atoms with Crippen molar-refractivity contribution >= 4 is 17.5 Å². The Morgan fingerprint density at radius 3 is 2.70 bits per heavy atom. The number of amides is 2. The Labute approximate surface area is 161 Å². The van der Waals surface area contributed by atoms with Crippen LogP contribution >= 0.6 is 0 Å². The van der Waals surface area contributed by atoms with Crippen LogP contribution in [0.4, 0.5) is 5.69 Å². The molecule has 1 aliphatic rings. The smallest absolute Gasteiger partial charge is 0.237 e. The van der Waals surface area contributed by atoms with E-state index in [9.17, 15) is 9.59 Å². The van der Waals surface area contributed by atoms with Crippen LogP contribution in [0.25, 0.3) is 0 Å². The number of benzene rings is 1. The number of morpholine rings is 1. The molecule has 0 saturated carbocycles. The first-order valence-electron chi connectivity index (χ1n) is 9.66. The standard InChI is InChI=1S/C20H32N4O3/c1-15(2)12-18(21)20(26)22-14-16-4-3-5-17(13-16)23-19(25)6-7-24-8-10-27-11-9-24/h3-5,13,15,18H,6-12,14,21H2,1-2H3,(H,22,26)(H,23,25)/t18-/m0/s1. The summed E-state index contributed by atoms with van der Waals surface area (Å²) in [6.07, 6.45) is 1.11. The third kappa shape index (κ3) is 8.07. The first-order chi connectivity index (χ1) is 12.9. The van der Waals surface area contributed by atoms with Crippen LogP contribution in [0.5, 0.6) is 0 Å². The quantitative estimate of drug-likeness (QED) is 0.604. The van der Waals surface area contributed by atoms with Gasteiger partial charge < -0.3 is 21.1 Å².